The number of aryl methyl sites for hydroxylation is 1. The Morgan fingerprint density at radius 1 is 1.36 bits per heavy atom. The molecule has 2 rings (SSSR count). The van der Waals surface area contributed by atoms with Crippen molar-refractivity contribution in [2.75, 3.05) is 19.7 Å². The van der Waals surface area contributed by atoms with E-state index in [0.717, 1.165) is 38.2 Å². The van der Waals surface area contributed by atoms with E-state index in [9.17, 15) is 9.90 Å². The van der Waals surface area contributed by atoms with Gasteiger partial charge in [-0.3, -0.25) is 4.79 Å². The number of aliphatic carboxylic acids is 1. The van der Waals surface area contributed by atoms with E-state index < -0.39 is 11.4 Å². The number of hydrogen-bond acceptors (Lipinski definition) is 3. The number of carboxylic acid groups (broad SMARTS) is 1. The second kappa shape index (κ2) is 7.63. The van der Waals surface area contributed by atoms with Gasteiger partial charge in [-0.1, -0.05) is 26.0 Å². The highest BCUT2D eigenvalue weighted by molar-refractivity contribution is 5.74. The van der Waals surface area contributed by atoms with Crippen molar-refractivity contribution in [2.45, 2.75) is 46.0 Å². The summed E-state index contributed by atoms with van der Waals surface area (Å²) in [7, 11) is 0. The molecule has 0 saturated carbocycles. The zero-order chi connectivity index (χ0) is 16.0. The van der Waals surface area contributed by atoms with Crippen LogP contribution in [0.1, 0.15) is 44.2 Å². The predicted molar refractivity (Wildman–Crippen MR) is 87.5 cm³/mol. The molecule has 122 valence electrons. The third-order valence-electron chi connectivity index (χ3n) is 4.84. The van der Waals surface area contributed by atoms with Crippen molar-refractivity contribution < 1.29 is 14.6 Å². The van der Waals surface area contributed by atoms with Crippen LogP contribution in [0.3, 0.4) is 0 Å². The Kier molecular flexibility index (Phi) is 5.83. The lowest BCUT2D eigenvalue weighted by atomic mass is 9.82. The zero-order valence-electron chi connectivity index (χ0n) is 13.7. The van der Waals surface area contributed by atoms with Gasteiger partial charge in [-0.2, -0.15) is 0 Å². The molecule has 22 heavy (non-hydrogen) atoms. The number of nitrogens with one attached hydrogen (secondary N) is 1. The second-order valence-corrected chi connectivity index (χ2v) is 6.11. The summed E-state index contributed by atoms with van der Waals surface area (Å²) >= 11 is 0. The number of hydrogen-bond donors (Lipinski definition) is 2. The molecule has 0 amide bonds. The zero-order valence-corrected chi connectivity index (χ0v) is 13.7. The highest BCUT2D eigenvalue weighted by Crippen LogP contribution is 2.27. The van der Waals surface area contributed by atoms with Crippen molar-refractivity contribution in [3.05, 3.63) is 29.3 Å². The van der Waals surface area contributed by atoms with Gasteiger partial charge in [0.15, 0.2) is 0 Å². The van der Waals surface area contributed by atoms with Crippen molar-refractivity contribution in [3.63, 3.8) is 0 Å². The maximum absolute atomic E-state index is 11.4. The molecule has 1 aliphatic rings. The highest BCUT2D eigenvalue weighted by Gasteiger charge is 2.34. The smallest absolute Gasteiger partial charge is 0.310 e. The first-order chi connectivity index (χ1) is 10.6. The molecule has 0 atom stereocenters. The average Bonchev–Trinajstić information content (AvgIpc) is 2.98. The van der Waals surface area contributed by atoms with Crippen LogP contribution in [0, 0.1) is 5.41 Å². The lowest BCUT2D eigenvalue weighted by Gasteiger charge is -2.27. The molecule has 0 saturated heterocycles. The Labute approximate surface area is 132 Å². The van der Waals surface area contributed by atoms with Gasteiger partial charge in [0.1, 0.15) is 5.75 Å². The predicted octanol–water partition coefficient (Wildman–Crippen LogP) is 3.03. The Balaban J connectivity index is 1.74. The van der Waals surface area contributed by atoms with Gasteiger partial charge in [0, 0.05) is 13.0 Å². The average molecular weight is 305 g/mol. The van der Waals surface area contributed by atoms with Crippen LogP contribution in [-0.4, -0.2) is 30.8 Å². The van der Waals surface area contributed by atoms with E-state index in [2.05, 4.69) is 23.5 Å². The lowest BCUT2D eigenvalue weighted by Crippen LogP contribution is -2.40. The third-order valence-corrected chi connectivity index (χ3v) is 4.84. The third kappa shape index (κ3) is 3.80. The maximum Gasteiger partial charge on any atom is 0.310 e. The van der Waals surface area contributed by atoms with Crippen molar-refractivity contribution >= 4 is 5.97 Å². The van der Waals surface area contributed by atoms with E-state index in [1.807, 2.05) is 13.8 Å². The standard InChI is InChI=1S/C18H27NO3/c1-3-18(4-2,17(20)21)13-19-10-5-6-14-7-8-16-15(12-14)9-11-22-16/h7-8,12,19H,3-6,9-11,13H2,1-2H3,(H,20,21). The number of carboxylic acids is 1. The first kappa shape index (κ1) is 16.8. The molecule has 2 N–H and O–H groups in total. The lowest BCUT2D eigenvalue weighted by molar-refractivity contribution is -0.149. The molecule has 0 radical (unpaired) electrons. The monoisotopic (exact) mass is 305 g/mol. The minimum Gasteiger partial charge on any atom is -0.493 e. The van der Waals surface area contributed by atoms with Crippen molar-refractivity contribution in [1.82, 2.24) is 5.32 Å². The quantitative estimate of drug-likeness (QED) is 0.689. The van der Waals surface area contributed by atoms with E-state index in [1.165, 1.54) is 11.1 Å². The van der Waals surface area contributed by atoms with E-state index in [1.54, 1.807) is 0 Å². The molecule has 0 spiro atoms. The topological polar surface area (TPSA) is 58.6 Å². The van der Waals surface area contributed by atoms with Crippen LogP contribution in [0.5, 0.6) is 5.75 Å². The van der Waals surface area contributed by atoms with Crippen LogP contribution in [0.15, 0.2) is 18.2 Å². The van der Waals surface area contributed by atoms with Crippen LogP contribution in [-0.2, 0) is 17.6 Å². The molecule has 4 heteroatoms. The van der Waals surface area contributed by atoms with Gasteiger partial charge in [-0.25, -0.2) is 0 Å². The highest BCUT2D eigenvalue weighted by atomic mass is 16.5. The van der Waals surface area contributed by atoms with Crippen LogP contribution in [0.25, 0.3) is 0 Å². The normalized spacial score (nSPS) is 13.7. The molecular weight excluding hydrogens is 278 g/mol. The number of carbonyl (C=O) groups is 1. The molecule has 0 unspecified atom stereocenters. The molecule has 1 aromatic carbocycles. The fraction of sp³-hybridized carbons (Fsp3) is 0.611. The van der Waals surface area contributed by atoms with Gasteiger partial charge in [0.05, 0.1) is 12.0 Å². The SMILES string of the molecule is CCC(CC)(CNCCCc1ccc2c(c1)CCO2)C(=O)O. The minimum absolute atomic E-state index is 0.549. The van der Waals surface area contributed by atoms with Crippen LogP contribution >= 0.6 is 0 Å². The summed E-state index contributed by atoms with van der Waals surface area (Å²) in [6, 6.07) is 6.43. The van der Waals surface area contributed by atoms with Crippen molar-refractivity contribution in [2.24, 2.45) is 5.41 Å². The first-order valence-electron chi connectivity index (χ1n) is 8.30. The number of ether oxygens (including phenoxy) is 1. The molecule has 1 heterocycles. The van der Waals surface area contributed by atoms with E-state index in [-0.39, 0.29) is 0 Å². The molecule has 4 nitrogen and oxygen atoms in total. The molecule has 0 aliphatic carbocycles. The van der Waals surface area contributed by atoms with E-state index >= 15 is 0 Å². The largest absolute Gasteiger partial charge is 0.493 e. The summed E-state index contributed by atoms with van der Waals surface area (Å²) in [5, 5.41) is 12.7. The first-order valence-corrected chi connectivity index (χ1v) is 8.30. The van der Waals surface area contributed by atoms with Crippen LogP contribution in [0.4, 0.5) is 0 Å². The van der Waals surface area contributed by atoms with Crippen LogP contribution < -0.4 is 10.1 Å². The summed E-state index contributed by atoms with van der Waals surface area (Å²) in [5.74, 6) is 0.336. The Hall–Kier alpha value is -1.55. The number of fused-ring (bicyclic) bond motifs is 1. The molecule has 0 aromatic heterocycles. The van der Waals surface area contributed by atoms with Crippen molar-refractivity contribution in [3.8, 4) is 5.75 Å². The summed E-state index contributed by atoms with van der Waals surface area (Å²) in [4.78, 5) is 11.4. The summed E-state index contributed by atoms with van der Waals surface area (Å²) in [5.41, 5.74) is 2.03. The van der Waals surface area contributed by atoms with Gasteiger partial charge in [0.25, 0.3) is 0 Å². The molecule has 0 fully saturated rings. The number of rotatable bonds is 9. The maximum atomic E-state index is 11.4. The Morgan fingerprint density at radius 2 is 2.14 bits per heavy atom. The van der Waals surface area contributed by atoms with Crippen LogP contribution in [0.2, 0.25) is 0 Å². The Bertz CT molecular complexity index is 509. The van der Waals surface area contributed by atoms with Crippen molar-refractivity contribution in [1.29, 1.82) is 0 Å². The minimum atomic E-state index is -0.691. The summed E-state index contributed by atoms with van der Waals surface area (Å²) in [6.07, 6.45) is 4.37. The fourth-order valence-corrected chi connectivity index (χ4v) is 3.02. The van der Waals surface area contributed by atoms with Gasteiger partial charge in [-0.05, 0) is 49.4 Å². The molecule has 1 aliphatic heterocycles. The number of benzene rings is 1. The van der Waals surface area contributed by atoms with E-state index in [4.69, 9.17) is 4.74 Å². The Morgan fingerprint density at radius 3 is 2.82 bits per heavy atom. The molecule has 1 aromatic rings. The van der Waals surface area contributed by atoms with Gasteiger partial charge in [0.2, 0.25) is 0 Å². The van der Waals surface area contributed by atoms with Gasteiger partial charge in [-0.15, -0.1) is 0 Å². The molecular formula is C18H27NO3. The molecule has 0 bridgehead atoms. The second-order valence-electron chi connectivity index (χ2n) is 6.11. The van der Waals surface area contributed by atoms with E-state index in [0.29, 0.717) is 19.4 Å². The van der Waals surface area contributed by atoms with Gasteiger partial charge < -0.3 is 15.2 Å². The summed E-state index contributed by atoms with van der Waals surface area (Å²) in [6.45, 7) is 6.10. The van der Waals surface area contributed by atoms with Gasteiger partial charge >= 0.3 is 5.97 Å². The fourth-order valence-electron chi connectivity index (χ4n) is 3.02. The summed E-state index contributed by atoms with van der Waals surface area (Å²) < 4.78 is 5.51.